The van der Waals surface area contributed by atoms with Gasteiger partial charge in [0.05, 0.1) is 0 Å². The molecule has 1 aromatic carbocycles. The van der Waals surface area contributed by atoms with Crippen molar-refractivity contribution in [3.63, 3.8) is 0 Å². The van der Waals surface area contributed by atoms with Crippen molar-refractivity contribution >= 4 is 17.8 Å². The van der Waals surface area contributed by atoms with Crippen LogP contribution in [0.4, 0.5) is 0 Å². The molecule has 0 saturated heterocycles. The first kappa shape index (κ1) is 12.2. The zero-order valence-corrected chi connectivity index (χ0v) is 9.49. The van der Waals surface area contributed by atoms with E-state index in [-0.39, 0.29) is 5.78 Å². The number of rotatable bonds is 4. The van der Waals surface area contributed by atoms with Crippen LogP contribution in [0.3, 0.4) is 0 Å². The highest BCUT2D eigenvalue weighted by Gasteiger charge is 2.03. The Morgan fingerprint density at radius 3 is 2.50 bits per heavy atom. The number of benzene rings is 1. The summed E-state index contributed by atoms with van der Waals surface area (Å²) in [5, 5.41) is 0. The molecule has 3 heteroatoms. The third-order valence-corrected chi connectivity index (χ3v) is 2.22. The van der Waals surface area contributed by atoms with E-state index in [4.69, 9.17) is 5.73 Å². The largest absolute Gasteiger partial charge is 0.366 e. The van der Waals surface area contributed by atoms with E-state index in [9.17, 15) is 9.59 Å². The Labute approximate surface area is 95.0 Å². The van der Waals surface area contributed by atoms with Crippen molar-refractivity contribution in [3.05, 3.63) is 41.0 Å². The van der Waals surface area contributed by atoms with Crippen molar-refractivity contribution in [1.82, 2.24) is 0 Å². The molecule has 1 rings (SSSR count). The second-order valence-corrected chi connectivity index (χ2v) is 3.63. The second-order valence-electron chi connectivity index (χ2n) is 3.63. The Balaban J connectivity index is 3.14. The van der Waals surface area contributed by atoms with Gasteiger partial charge in [0.15, 0.2) is 5.78 Å². The van der Waals surface area contributed by atoms with Gasteiger partial charge in [0.25, 0.3) is 0 Å². The van der Waals surface area contributed by atoms with E-state index >= 15 is 0 Å². The van der Waals surface area contributed by atoms with Gasteiger partial charge in [0, 0.05) is 5.56 Å². The van der Waals surface area contributed by atoms with Crippen LogP contribution in [0.15, 0.2) is 24.3 Å². The molecule has 1 amide bonds. The van der Waals surface area contributed by atoms with Crippen molar-refractivity contribution in [3.8, 4) is 0 Å². The summed E-state index contributed by atoms with van der Waals surface area (Å²) >= 11 is 0. The number of amides is 1. The maximum atomic E-state index is 11.1. The lowest BCUT2D eigenvalue weighted by molar-refractivity contribution is -0.112. The van der Waals surface area contributed by atoms with Crippen molar-refractivity contribution in [2.45, 2.75) is 20.3 Å². The number of hydrogen-bond donors (Lipinski definition) is 1. The van der Waals surface area contributed by atoms with Gasteiger partial charge >= 0.3 is 0 Å². The molecule has 3 nitrogen and oxygen atoms in total. The molecule has 0 fully saturated rings. The first-order chi connectivity index (χ1) is 7.52. The summed E-state index contributed by atoms with van der Waals surface area (Å²) < 4.78 is 0. The molecule has 0 aliphatic heterocycles. The number of aryl methyl sites for hydroxylation is 1. The van der Waals surface area contributed by atoms with Crippen molar-refractivity contribution in [1.29, 1.82) is 0 Å². The zero-order valence-electron chi connectivity index (χ0n) is 9.49. The average Bonchev–Trinajstić information content (AvgIpc) is 2.25. The lowest BCUT2D eigenvalue weighted by Gasteiger charge is -2.03. The quantitative estimate of drug-likeness (QED) is 0.783. The third-order valence-electron chi connectivity index (χ3n) is 2.22. The van der Waals surface area contributed by atoms with Gasteiger partial charge in [0.2, 0.25) is 5.91 Å². The van der Waals surface area contributed by atoms with E-state index in [1.54, 1.807) is 18.2 Å². The van der Waals surface area contributed by atoms with E-state index < -0.39 is 5.91 Å². The molecule has 0 aromatic heterocycles. The predicted octanol–water partition coefficient (Wildman–Crippen LogP) is 1.95. The molecule has 16 heavy (non-hydrogen) atoms. The standard InChI is InChI=1S/C13H15NO2/c1-3-10-6-11(5-4-9(2)15)8-12(7-10)13(14)16/h4-8H,3H2,1-2H3,(H2,14,16)/b5-4+. The van der Waals surface area contributed by atoms with E-state index in [2.05, 4.69) is 0 Å². The molecule has 0 spiro atoms. The van der Waals surface area contributed by atoms with Crippen molar-refractivity contribution in [2.75, 3.05) is 0 Å². The first-order valence-electron chi connectivity index (χ1n) is 5.15. The van der Waals surface area contributed by atoms with Crippen LogP contribution in [-0.4, -0.2) is 11.7 Å². The molecule has 0 saturated carbocycles. The van der Waals surface area contributed by atoms with Crippen LogP contribution in [0.5, 0.6) is 0 Å². The van der Waals surface area contributed by atoms with Crippen molar-refractivity contribution < 1.29 is 9.59 Å². The van der Waals surface area contributed by atoms with E-state index in [0.29, 0.717) is 5.56 Å². The number of hydrogen-bond acceptors (Lipinski definition) is 2. The van der Waals surface area contributed by atoms with Gasteiger partial charge in [-0.2, -0.15) is 0 Å². The van der Waals surface area contributed by atoms with Crippen LogP contribution in [0.2, 0.25) is 0 Å². The molecule has 1 aromatic rings. The Kier molecular flexibility index (Phi) is 4.00. The fourth-order valence-corrected chi connectivity index (χ4v) is 1.37. The maximum absolute atomic E-state index is 11.1. The second kappa shape index (κ2) is 5.26. The molecular weight excluding hydrogens is 202 g/mol. The first-order valence-corrected chi connectivity index (χ1v) is 5.15. The molecule has 0 atom stereocenters. The molecular formula is C13H15NO2. The smallest absolute Gasteiger partial charge is 0.248 e. The summed E-state index contributed by atoms with van der Waals surface area (Å²) in [5.41, 5.74) is 7.56. The van der Waals surface area contributed by atoms with Gasteiger partial charge in [-0.3, -0.25) is 9.59 Å². The van der Waals surface area contributed by atoms with Crippen LogP contribution >= 0.6 is 0 Å². The molecule has 0 unspecified atom stereocenters. The lowest BCUT2D eigenvalue weighted by Crippen LogP contribution is -2.11. The Hall–Kier alpha value is -1.90. The topological polar surface area (TPSA) is 60.2 Å². The Morgan fingerprint density at radius 2 is 2.00 bits per heavy atom. The normalized spacial score (nSPS) is 10.6. The van der Waals surface area contributed by atoms with Crippen LogP contribution in [-0.2, 0) is 11.2 Å². The molecule has 2 N–H and O–H groups in total. The maximum Gasteiger partial charge on any atom is 0.248 e. The lowest BCUT2D eigenvalue weighted by atomic mass is 10.0. The van der Waals surface area contributed by atoms with Crippen LogP contribution < -0.4 is 5.73 Å². The van der Waals surface area contributed by atoms with Crippen molar-refractivity contribution in [2.24, 2.45) is 5.73 Å². The molecule has 0 heterocycles. The third kappa shape index (κ3) is 3.35. The summed E-state index contributed by atoms with van der Waals surface area (Å²) in [6, 6.07) is 5.39. The van der Waals surface area contributed by atoms with E-state index in [1.165, 1.54) is 13.0 Å². The average molecular weight is 217 g/mol. The number of allylic oxidation sites excluding steroid dienone is 1. The number of primary amides is 1. The fraction of sp³-hybridized carbons (Fsp3) is 0.231. The Morgan fingerprint density at radius 1 is 1.31 bits per heavy atom. The minimum Gasteiger partial charge on any atom is -0.366 e. The molecule has 0 aliphatic rings. The van der Waals surface area contributed by atoms with Gasteiger partial charge in [-0.15, -0.1) is 0 Å². The number of nitrogens with two attached hydrogens (primary N) is 1. The van der Waals surface area contributed by atoms with Gasteiger partial charge in [-0.05, 0) is 42.7 Å². The molecule has 0 radical (unpaired) electrons. The zero-order chi connectivity index (χ0) is 12.1. The summed E-state index contributed by atoms with van der Waals surface area (Å²) in [6.07, 6.45) is 3.98. The summed E-state index contributed by atoms with van der Waals surface area (Å²) in [5.74, 6) is -0.477. The molecule has 0 aliphatic carbocycles. The highest BCUT2D eigenvalue weighted by molar-refractivity contribution is 5.95. The predicted molar refractivity (Wildman–Crippen MR) is 64.1 cm³/mol. The van der Waals surface area contributed by atoms with E-state index in [0.717, 1.165) is 17.5 Å². The van der Waals surface area contributed by atoms with Gasteiger partial charge < -0.3 is 5.73 Å². The van der Waals surface area contributed by atoms with Crippen LogP contribution in [0, 0.1) is 0 Å². The number of carbonyl (C=O) groups excluding carboxylic acids is 2. The fourth-order valence-electron chi connectivity index (χ4n) is 1.37. The van der Waals surface area contributed by atoms with Crippen LogP contribution in [0.25, 0.3) is 6.08 Å². The summed E-state index contributed by atoms with van der Waals surface area (Å²) in [7, 11) is 0. The van der Waals surface area contributed by atoms with E-state index in [1.807, 2.05) is 13.0 Å². The molecule has 84 valence electrons. The highest BCUT2D eigenvalue weighted by atomic mass is 16.1. The monoisotopic (exact) mass is 217 g/mol. The molecule has 0 bridgehead atoms. The number of carbonyl (C=O) groups is 2. The SMILES string of the molecule is CCc1cc(/C=C/C(C)=O)cc(C(N)=O)c1. The highest BCUT2D eigenvalue weighted by Crippen LogP contribution is 2.12. The van der Waals surface area contributed by atoms with Gasteiger partial charge in [0.1, 0.15) is 0 Å². The summed E-state index contributed by atoms with van der Waals surface area (Å²) in [4.78, 5) is 21.9. The Bertz CT molecular complexity index is 447. The number of ketones is 1. The van der Waals surface area contributed by atoms with Crippen LogP contribution in [0.1, 0.15) is 35.3 Å². The minimum atomic E-state index is -0.451. The van der Waals surface area contributed by atoms with Gasteiger partial charge in [-0.1, -0.05) is 19.1 Å². The minimum absolute atomic E-state index is 0.0254. The van der Waals surface area contributed by atoms with Gasteiger partial charge in [-0.25, -0.2) is 0 Å². The summed E-state index contributed by atoms with van der Waals surface area (Å²) in [6.45, 7) is 3.48.